The highest BCUT2D eigenvalue weighted by Gasteiger charge is 2.03. The largest absolute Gasteiger partial charge is 0.477 e. The van der Waals surface area contributed by atoms with Crippen LogP contribution in [0.4, 0.5) is 0 Å². The summed E-state index contributed by atoms with van der Waals surface area (Å²) in [5.74, 6) is 0.644. The Morgan fingerprint density at radius 1 is 0.926 bits per heavy atom. The number of hydrogen-bond donors (Lipinski definition) is 1. The van der Waals surface area contributed by atoms with Gasteiger partial charge in [0.25, 0.3) is 0 Å². The number of rotatable bonds is 6. The minimum Gasteiger partial charge on any atom is -0.477 e. The summed E-state index contributed by atoms with van der Waals surface area (Å²) in [6, 6.07) is 16.1. The van der Waals surface area contributed by atoms with E-state index in [1.54, 1.807) is 12.4 Å². The summed E-state index contributed by atoms with van der Waals surface area (Å²) in [6.07, 6.45) is 12.3. The van der Waals surface area contributed by atoms with E-state index in [0.29, 0.717) is 12.5 Å². The summed E-state index contributed by atoms with van der Waals surface area (Å²) in [4.78, 5) is 11.7. The molecule has 0 aliphatic rings. The number of fused-ring (bicyclic) bond motifs is 1. The zero-order valence-corrected chi connectivity index (χ0v) is 15.5. The molecule has 0 atom stereocenters. The third-order valence-electron chi connectivity index (χ3n) is 4.23. The van der Waals surface area contributed by atoms with Crippen molar-refractivity contribution in [2.45, 2.75) is 6.42 Å². The molecular formula is C22H20ClN3O. The number of aromatic nitrogens is 3. The average molecular weight is 378 g/mol. The lowest BCUT2D eigenvalue weighted by Crippen LogP contribution is -2.02. The number of halogens is 1. The van der Waals surface area contributed by atoms with Gasteiger partial charge in [-0.15, -0.1) is 12.4 Å². The van der Waals surface area contributed by atoms with Crippen LogP contribution in [0, 0.1) is 0 Å². The second-order valence-corrected chi connectivity index (χ2v) is 6.00. The molecule has 27 heavy (non-hydrogen) atoms. The van der Waals surface area contributed by atoms with Crippen molar-refractivity contribution in [3.8, 4) is 5.88 Å². The highest BCUT2D eigenvalue weighted by atomic mass is 35.5. The predicted molar refractivity (Wildman–Crippen MR) is 112 cm³/mol. The monoisotopic (exact) mass is 377 g/mol. The molecule has 3 heterocycles. The lowest BCUT2D eigenvalue weighted by Gasteiger charge is -2.05. The van der Waals surface area contributed by atoms with Crippen molar-refractivity contribution in [2.75, 3.05) is 6.61 Å². The van der Waals surface area contributed by atoms with Gasteiger partial charge in [-0.2, -0.15) is 0 Å². The first-order chi connectivity index (χ1) is 12.9. The van der Waals surface area contributed by atoms with E-state index in [9.17, 15) is 0 Å². The molecule has 4 nitrogen and oxygen atoms in total. The first-order valence-electron chi connectivity index (χ1n) is 8.60. The number of nitrogens with zero attached hydrogens (tertiary/aromatic N) is 2. The van der Waals surface area contributed by atoms with Crippen molar-refractivity contribution in [3.05, 3.63) is 90.0 Å². The number of aromatic amines is 1. The molecule has 1 aromatic carbocycles. The van der Waals surface area contributed by atoms with Gasteiger partial charge in [0.1, 0.15) is 0 Å². The van der Waals surface area contributed by atoms with Crippen LogP contribution in [0.15, 0.2) is 73.3 Å². The van der Waals surface area contributed by atoms with Crippen LogP contribution in [0.1, 0.15) is 16.7 Å². The van der Waals surface area contributed by atoms with E-state index in [1.165, 1.54) is 10.9 Å². The van der Waals surface area contributed by atoms with Crippen LogP contribution in [0.2, 0.25) is 0 Å². The minimum atomic E-state index is 0. The van der Waals surface area contributed by atoms with Crippen LogP contribution >= 0.6 is 12.4 Å². The fourth-order valence-corrected chi connectivity index (χ4v) is 2.85. The Bertz CT molecular complexity index is 1010. The van der Waals surface area contributed by atoms with E-state index in [2.05, 4.69) is 39.3 Å². The second-order valence-electron chi connectivity index (χ2n) is 6.00. The molecule has 0 aliphatic carbocycles. The second kappa shape index (κ2) is 9.01. The highest BCUT2D eigenvalue weighted by Crippen LogP contribution is 2.18. The van der Waals surface area contributed by atoms with Crippen molar-refractivity contribution in [1.82, 2.24) is 15.0 Å². The molecule has 4 rings (SSSR count). The van der Waals surface area contributed by atoms with Gasteiger partial charge >= 0.3 is 0 Å². The molecule has 0 saturated carbocycles. The van der Waals surface area contributed by atoms with Gasteiger partial charge in [0.15, 0.2) is 0 Å². The SMILES string of the molecule is C(=Cc1ccc(OCCc2c[nH]c3ccccc23)nc1)c1ccncc1.Cl. The molecule has 136 valence electrons. The van der Waals surface area contributed by atoms with Crippen LogP contribution in [0.5, 0.6) is 5.88 Å². The third kappa shape index (κ3) is 4.74. The quantitative estimate of drug-likeness (QED) is 0.504. The highest BCUT2D eigenvalue weighted by molar-refractivity contribution is 5.85. The van der Waals surface area contributed by atoms with Crippen molar-refractivity contribution < 1.29 is 4.74 Å². The van der Waals surface area contributed by atoms with Gasteiger partial charge in [-0.05, 0) is 41.0 Å². The van der Waals surface area contributed by atoms with Crippen molar-refractivity contribution in [3.63, 3.8) is 0 Å². The van der Waals surface area contributed by atoms with E-state index in [-0.39, 0.29) is 12.4 Å². The van der Waals surface area contributed by atoms with E-state index in [0.717, 1.165) is 23.1 Å². The van der Waals surface area contributed by atoms with Gasteiger partial charge in [-0.3, -0.25) is 4.98 Å². The number of pyridine rings is 2. The van der Waals surface area contributed by atoms with Crippen molar-refractivity contribution >= 4 is 35.5 Å². The van der Waals surface area contributed by atoms with Crippen molar-refractivity contribution in [2.24, 2.45) is 0 Å². The summed E-state index contributed by atoms with van der Waals surface area (Å²) in [6.45, 7) is 0.598. The summed E-state index contributed by atoms with van der Waals surface area (Å²) in [5.41, 5.74) is 4.56. The predicted octanol–water partition coefficient (Wildman–Crippen LogP) is 5.17. The molecule has 0 amide bonds. The lowest BCUT2D eigenvalue weighted by atomic mass is 10.1. The third-order valence-corrected chi connectivity index (χ3v) is 4.23. The molecule has 0 fully saturated rings. The van der Waals surface area contributed by atoms with Gasteiger partial charge < -0.3 is 9.72 Å². The fourth-order valence-electron chi connectivity index (χ4n) is 2.85. The van der Waals surface area contributed by atoms with Gasteiger partial charge in [0, 0.05) is 48.2 Å². The Labute approximate surface area is 164 Å². The van der Waals surface area contributed by atoms with Gasteiger partial charge in [0.2, 0.25) is 5.88 Å². The number of para-hydroxylation sites is 1. The Hall–Kier alpha value is -3.11. The summed E-state index contributed by atoms with van der Waals surface area (Å²) in [5, 5.41) is 1.25. The molecule has 0 unspecified atom stereocenters. The van der Waals surface area contributed by atoms with Crippen LogP contribution in [-0.2, 0) is 6.42 Å². The number of H-pyrrole nitrogens is 1. The van der Waals surface area contributed by atoms with E-state index in [1.807, 2.05) is 48.7 Å². The van der Waals surface area contributed by atoms with Gasteiger partial charge in [-0.25, -0.2) is 4.98 Å². The molecule has 0 saturated heterocycles. The molecular weight excluding hydrogens is 358 g/mol. The smallest absolute Gasteiger partial charge is 0.213 e. The topological polar surface area (TPSA) is 50.8 Å². The van der Waals surface area contributed by atoms with E-state index >= 15 is 0 Å². The number of nitrogens with one attached hydrogen (secondary N) is 1. The molecule has 0 aliphatic heterocycles. The van der Waals surface area contributed by atoms with Crippen LogP contribution < -0.4 is 4.74 Å². The lowest BCUT2D eigenvalue weighted by molar-refractivity contribution is 0.310. The first-order valence-corrected chi connectivity index (χ1v) is 8.60. The normalized spacial score (nSPS) is 10.8. The summed E-state index contributed by atoms with van der Waals surface area (Å²) < 4.78 is 5.79. The molecule has 0 spiro atoms. The van der Waals surface area contributed by atoms with E-state index in [4.69, 9.17) is 4.74 Å². The maximum atomic E-state index is 5.79. The molecule has 4 aromatic rings. The number of ether oxygens (including phenoxy) is 1. The Morgan fingerprint density at radius 2 is 1.74 bits per heavy atom. The Kier molecular flexibility index (Phi) is 6.23. The Morgan fingerprint density at radius 3 is 2.56 bits per heavy atom. The van der Waals surface area contributed by atoms with Gasteiger partial charge in [0.05, 0.1) is 6.61 Å². The molecule has 3 aromatic heterocycles. The fraction of sp³-hybridized carbons (Fsp3) is 0.0909. The summed E-state index contributed by atoms with van der Waals surface area (Å²) >= 11 is 0. The zero-order valence-electron chi connectivity index (χ0n) is 14.7. The molecule has 5 heteroatoms. The van der Waals surface area contributed by atoms with Crippen LogP contribution in [0.3, 0.4) is 0 Å². The van der Waals surface area contributed by atoms with Crippen LogP contribution in [-0.4, -0.2) is 21.6 Å². The minimum absolute atomic E-state index is 0. The maximum absolute atomic E-state index is 5.79. The average Bonchev–Trinajstić information content (AvgIpc) is 3.11. The van der Waals surface area contributed by atoms with Crippen molar-refractivity contribution in [1.29, 1.82) is 0 Å². The van der Waals surface area contributed by atoms with Crippen LogP contribution in [0.25, 0.3) is 23.1 Å². The summed E-state index contributed by atoms with van der Waals surface area (Å²) in [7, 11) is 0. The molecule has 0 bridgehead atoms. The zero-order chi connectivity index (χ0) is 17.6. The number of benzene rings is 1. The standard InChI is InChI=1S/C22H19N3O.ClH/c1-2-4-21-20(3-1)19(16-24-21)11-14-26-22-8-7-18(15-25-22)6-5-17-9-12-23-13-10-17;/h1-10,12-13,15-16,24H,11,14H2;1H. The molecule has 0 radical (unpaired) electrons. The Balaban J connectivity index is 0.00000210. The first kappa shape index (κ1) is 18.7. The maximum Gasteiger partial charge on any atom is 0.213 e. The number of hydrogen-bond acceptors (Lipinski definition) is 3. The molecule has 1 N–H and O–H groups in total. The van der Waals surface area contributed by atoms with Gasteiger partial charge in [-0.1, -0.05) is 30.4 Å². The van der Waals surface area contributed by atoms with E-state index < -0.39 is 0 Å².